The number of para-hydroxylation sites is 1. The Kier molecular flexibility index (Phi) is 5.63. The molecule has 0 N–H and O–H groups in total. The van der Waals surface area contributed by atoms with E-state index in [1.165, 1.54) is 0 Å². The first-order chi connectivity index (χ1) is 13.3. The molecule has 1 amide bonds. The number of ether oxygens (including phenoxy) is 2. The van der Waals surface area contributed by atoms with Crippen molar-refractivity contribution in [3.8, 4) is 11.6 Å². The van der Waals surface area contributed by atoms with Gasteiger partial charge in [-0.15, -0.1) is 0 Å². The van der Waals surface area contributed by atoms with Gasteiger partial charge >= 0.3 is 0 Å². The lowest BCUT2D eigenvalue weighted by Gasteiger charge is -2.35. The maximum Gasteiger partial charge on any atom is 0.238 e. The molecule has 1 aromatic carbocycles. The molecule has 2 fully saturated rings. The van der Waals surface area contributed by atoms with Gasteiger partial charge in [-0.2, -0.15) is 0 Å². The van der Waals surface area contributed by atoms with E-state index in [-0.39, 0.29) is 17.7 Å². The van der Waals surface area contributed by atoms with Crippen molar-refractivity contribution in [3.05, 3.63) is 48.4 Å². The summed E-state index contributed by atoms with van der Waals surface area (Å²) in [6.07, 6.45) is 7.10. The van der Waals surface area contributed by atoms with Crippen LogP contribution in [0.4, 0.5) is 0 Å². The fraction of sp³-hybridized carbons (Fsp3) is 0.476. The Hall–Kier alpha value is -2.47. The average Bonchev–Trinajstić information content (AvgIpc) is 2.75. The highest BCUT2D eigenvalue weighted by Gasteiger charge is 2.31. The fourth-order valence-electron chi connectivity index (χ4n) is 3.84. The van der Waals surface area contributed by atoms with E-state index in [2.05, 4.69) is 9.97 Å². The third-order valence-corrected chi connectivity index (χ3v) is 5.32. The molecule has 0 spiro atoms. The molecule has 0 saturated carbocycles. The highest BCUT2D eigenvalue weighted by atomic mass is 16.5. The lowest BCUT2D eigenvalue weighted by atomic mass is 9.92. The van der Waals surface area contributed by atoms with Crippen LogP contribution in [-0.4, -0.2) is 47.1 Å². The highest BCUT2D eigenvalue weighted by Crippen LogP contribution is 2.29. The first kappa shape index (κ1) is 17.9. The molecule has 3 heterocycles. The van der Waals surface area contributed by atoms with Gasteiger partial charge in [-0.3, -0.25) is 9.78 Å². The van der Waals surface area contributed by atoms with Crippen LogP contribution in [-0.2, 0) is 9.53 Å². The molecule has 2 aromatic rings. The second-order valence-corrected chi connectivity index (χ2v) is 7.21. The molecule has 1 atom stereocenters. The number of piperidine rings is 1. The first-order valence-corrected chi connectivity index (χ1v) is 9.71. The number of amides is 1. The van der Waals surface area contributed by atoms with Gasteiger partial charge in [0.15, 0.2) is 0 Å². The Balaban J connectivity index is 1.43. The number of likely N-dealkylation sites (tertiary alicyclic amines) is 1. The van der Waals surface area contributed by atoms with Gasteiger partial charge < -0.3 is 14.4 Å². The third-order valence-electron chi connectivity index (χ3n) is 5.32. The van der Waals surface area contributed by atoms with Crippen molar-refractivity contribution in [3.63, 3.8) is 0 Å². The van der Waals surface area contributed by atoms with Crippen LogP contribution >= 0.6 is 0 Å². The number of carbonyl (C=O) groups excluding carboxylic acids is 1. The summed E-state index contributed by atoms with van der Waals surface area (Å²) in [5.74, 6) is 1.81. The molecule has 1 unspecified atom stereocenters. The Morgan fingerprint density at radius 3 is 2.74 bits per heavy atom. The van der Waals surface area contributed by atoms with Gasteiger partial charge in [0.25, 0.3) is 0 Å². The minimum Gasteiger partial charge on any atom is -0.437 e. The number of nitrogens with zero attached hydrogens (tertiary/aromatic N) is 3. The quantitative estimate of drug-likeness (QED) is 0.829. The van der Waals surface area contributed by atoms with Crippen LogP contribution in [0.3, 0.4) is 0 Å². The molecular weight excluding hydrogens is 342 g/mol. The van der Waals surface area contributed by atoms with Crippen LogP contribution in [0.15, 0.2) is 42.7 Å². The normalized spacial score (nSPS) is 21.0. The van der Waals surface area contributed by atoms with Gasteiger partial charge in [-0.1, -0.05) is 18.2 Å². The molecule has 6 nitrogen and oxygen atoms in total. The van der Waals surface area contributed by atoms with Crippen LogP contribution in [0.25, 0.3) is 0 Å². The molecule has 27 heavy (non-hydrogen) atoms. The monoisotopic (exact) mass is 367 g/mol. The fourth-order valence-corrected chi connectivity index (χ4v) is 3.84. The van der Waals surface area contributed by atoms with Gasteiger partial charge in [0, 0.05) is 44.3 Å². The summed E-state index contributed by atoms with van der Waals surface area (Å²) < 4.78 is 11.2. The number of hydrogen-bond donors (Lipinski definition) is 0. The molecule has 2 aliphatic rings. The zero-order chi connectivity index (χ0) is 18.5. The minimum absolute atomic E-state index is 0.108. The first-order valence-electron chi connectivity index (χ1n) is 9.71. The van der Waals surface area contributed by atoms with E-state index in [4.69, 9.17) is 9.47 Å². The summed E-state index contributed by atoms with van der Waals surface area (Å²) in [4.78, 5) is 23.8. The van der Waals surface area contributed by atoms with Crippen LogP contribution < -0.4 is 4.74 Å². The van der Waals surface area contributed by atoms with E-state index in [1.807, 2.05) is 35.2 Å². The Morgan fingerprint density at radius 2 is 1.93 bits per heavy atom. The van der Waals surface area contributed by atoms with E-state index in [0.717, 1.165) is 43.7 Å². The molecule has 142 valence electrons. The standard InChI is InChI=1S/C21H25N3O3/c25-21(16-8-11-26-12-9-16)24-10-4-5-17(15-24)19-13-22-14-20(23-19)27-18-6-2-1-3-7-18/h1-3,6-7,13-14,16-17H,4-5,8-12,15H2. The van der Waals surface area contributed by atoms with Crippen molar-refractivity contribution in [1.82, 2.24) is 14.9 Å². The zero-order valence-corrected chi connectivity index (χ0v) is 15.4. The van der Waals surface area contributed by atoms with Crippen LogP contribution in [0, 0.1) is 5.92 Å². The number of carbonyl (C=O) groups is 1. The Morgan fingerprint density at radius 1 is 1.11 bits per heavy atom. The molecule has 1 aromatic heterocycles. The van der Waals surface area contributed by atoms with E-state index in [0.29, 0.717) is 25.6 Å². The number of aromatic nitrogens is 2. The lowest BCUT2D eigenvalue weighted by molar-refractivity contribution is -0.139. The summed E-state index contributed by atoms with van der Waals surface area (Å²) in [5, 5.41) is 0. The highest BCUT2D eigenvalue weighted by molar-refractivity contribution is 5.79. The topological polar surface area (TPSA) is 64.5 Å². The smallest absolute Gasteiger partial charge is 0.238 e. The second kappa shape index (κ2) is 8.48. The third kappa shape index (κ3) is 4.45. The summed E-state index contributed by atoms with van der Waals surface area (Å²) in [5.41, 5.74) is 0.896. The maximum atomic E-state index is 12.8. The summed E-state index contributed by atoms with van der Waals surface area (Å²) in [6.45, 7) is 2.93. The van der Waals surface area contributed by atoms with Crippen LogP contribution in [0.5, 0.6) is 11.6 Å². The number of benzene rings is 1. The van der Waals surface area contributed by atoms with E-state index in [1.54, 1.807) is 12.4 Å². The summed E-state index contributed by atoms with van der Waals surface area (Å²) >= 11 is 0. The Bertz CT molecular complexity index is 762. The van der Waals surface area contributed by atoms with Crippen molar-refractivity contribution < 1.29 is 14.3 Å². The summed E-state index contributed by atoms with van der Waals surface area (Å²) in [7, 11) is 0. The number of rotatable bonds is 4. The minimum atomic E-state index is 0.108. The molecule has 0 bridgehead atoms. The predicted molar refractivity (Wildman–Crippen MR) is 101 cm³/mol. The number of hydrogen-bond acceptors (Lipinski definition) is 5. The van der Waals surface area contributed by atoms with Crippen LogP contribution in [0.2, 0.25) is 0 Å². The van der Waals surface area contributed by atoms with E-state index >= 15 is 0 Å². The van der Waals surface area contributed by atoms with Crippen molar-refractivity contribution in [2.75, 3.05) is 26.3 Å². The van der Waals surface area contributed by atoms with E-state index < -0.39 is 0 Å². The SMILES string of the molecule is O=C(C1CCOCC1)N1CCCC(c2cncc(Oc3ccccc3)n2)C1. The maximum absolute atomic E-state index is 12.8. The molecule has 0 radical (unpaired) electrons. The van der Waals surface area contributed by atoms with Gasteiger partial charge in [-0.05, 0) is 37.8 Å². The second-order valence-electron chi connectivity index (χ2n) is 7.21. The molecular formula is C21H25N3O3. The van der Waals surface area contributed by atoms with Crippen molar-refractivity contribution in [1.29, 1.82) is 0 Å². The molecule has 0 aliphatic carbocycles. The largest absolute Gasteiger partial charge is 0.437 e. The van der Waals surface area contributed by atoms with Gasteiger partial charge in [-0.25, -0.2) is 4.98 Å². The Labute approximate surface area is 159 Å². The summed E-state index contributed by atoms with van der Waals surface area (Å²) in [6, 6.07) is 9.58. The van der Waals surface area contributed by atoms with Crippen molar-refractivity contribution >= 4 is 5.91 Å². The zero-order valence-electron chi connectivity index (χ0n) is 15.4. The van der Waals surface area contributed by atoms with Gasteiger partial charge in [0.2, 0.25) is 11.8 Å². The molecule has 2 saturated heterocycles. The van der Waals surface area contributed by atoms with Gasteiger partial charge in [0.1, 0.15) is 5.75 Å². The average molecular weight is 367 g/mol. The van der Waals surface area contributed by atoms with E-state index in [9.17, 15) is 4.79 Å². The van der Waals surface area contributed by atoms with Gasteiger partial charge in [0.05, 0.1) is 11.9 Å². The van der Waals surface area contributed by atoms with Crippen LogP contribution in [0.1, 0.15) is 37.3 Å². The molecule has 4 rings (SSSR count). The molecule has 2 aliphatic heterocycles. The molecule has 6 heteroatoms. The lowest BCUT2D eigenvalue weighted by Crippen LogP contribution is -2.43. The van der Waals surface area contributed by atoms with Crippen molar-refractivity contribution in [2.45, 2.75) is 31.6 Å². The van der Waals surface area contributed by atoms with Crippen molar-refractivity contribution in [2.24, 2.45) is 5.92 Å². The predicted octanol–water partition coefficient (Wildman–Crippen LogP) is 3.40.